The molecule has 15 heavy (non-hydrogen) atoms. The van der Waals surface area contributed by atoms with Crippen molar-refractivity contribution in [2.45, 2.75) is 18.9 Å². The second kappa shape index (κ2) is 4.63. The molecule has 1 aromatic rings. The number of benzene rings is 1. The largest absolute Gasteiger partial charge is 0.325 e. The molecule has 0 amide bonds. The lowest BCUT2D eigenvalue weighted by molar-refractivity contribution is 0.966. The van der Waals surface area contributed by atoms with Crippen LogP contribution < -0.4 is 16.6 Å². The molecule has 0 heterocycles. The summed E-state index contributed by atoms with van der Waals surface area (Å²) in [6.45, 7) is 0. The van der Waals surface area contributed by atoms with Crippen LogP contribution in [0.5, 0.6) is 0 Å². The molecule has 0 spiro atoms. The summed E-state index contributed by atoms with van der Waals surface area (Å²) in [4.78, 5) is 4.38. The summed E-state index contributed by atoms with van der Waals surface area (Å²) in [7, 11) is 0. The van der Waals surface area contributed by atoms with Crippen LogP contribution in [-0.2, 0) is 0 Å². The Kier molecular flexibility index (Phi) is 3.23. The summed E-state index contributed by atoms with van der Waals surface area (Å²) >= 11 is 3.38. The number of halogens is 1. The molecule has 4 nitrogen and oxygen atoms in total. The van der Waals surface area contributed by atoms with Crippen molar-refractivity contribution in [2.75, 3.05) is 5.32 Å². The minimum atomic E-state index is 0.444. The van der Waals surface area contributed by atoms with Gasteiger partial charge in [0.05, 0.1) is 6.04 Å². The van der Waals surface area contributed by atoms with Crippen molar-refractivity contribution in [3.05, 3.63) is 28.7 Å². The highest BCUT2D eigenvalue weighted by Gasteiger charge is 2.20. The Morgan fingerprint density at radius 2 is 2.00 bits per heavy atom. The number of anilines is 1. The number of aliphatic imine (C=N–C) groups is 1. The molecular formula is C10H13BrN4. The van der Waals surface area contributed by atoms with Gasteiger partial charge in [-0.25, -0.2) is 10.8 Å². The molecule has 80 valence electrons. The molecule has 4 N–H and O–H groups in total. The van der Waals surface area contributed by atoms with Gasteiger partial charge in [0.25, 0.3) is 0 Å². The number of nitrogens with zero attached hydrogens (tertiary/aromatic N) is 1. The number of hydrazine groups is 1. The molecule has 0 unspecified atom stereocenters. The normalized spacial score (nSPS) is 16.3. The molecule has 0 radical (unpaired) electrons. The van der Waals surface area contributed by atoms with Gasteiger partial charge >= 0.3 is 0 Å². The number of nitrogens with one attached hydrogen (secondary N) is 2. The number of hydrogen-bond acceptors (Lipinski definition) is 2. The maximum atomic E-state index is 5.37. The van der Waals surface area contributed by atoms with Crippen LogP contribution in [0.4, 0.5) is 5.69 Å². The summed E-state index contributed by atoms with van der Waals surface area (Å²) in [5, 5.41) is 3.12. The van der Waals surface area contributed by atoms with Gasteiger partial charge in [-0.05, 0) is 37.1 Å². The third-order valence-electron chi connectivity index (χ3n) is 2.10. The van der Waals surface area contributed by atoms with Crippen molar-refractivity contribution in [1.82, 2.24) is 5.43 Å². The summed E-state index contributed by atoms with van der Waals surface area (Å²) < 4.78 is 1.05. The lowest BCUT2D eigenvalue weighted by atomic mass is 10.3. The fraction of sp³-hybridized carbons (Fsp3) is 0.300. The molecule has 1 aliphatic carbocycles. The van der Waals surface area contributed by atoms with Crippen molar-refractivity contribution >= 4 is 27.6 Å². The maximum absolute atomic E-state index is 5.37. The van der Waals surface area contributed by atoms with Gasteiger partial charge in [-0.15, -0.1) is 0 Å². The van der Waals surface area contributed by atoms with Crippen LogP contribution in [0.3, 0.4) is 0 Å². The van der Waals surface area contributed by atoms with E-state index in [1.165, 1.54) is 0 Å². The maximum Gasteiger partial charge on any atom is 0.210 e. The Morgan fingerprint density at radius 3 is 2.53 bits per heavy atom. The molecule has 5 heteroatoms. The predicted octanol–water partition coefficient (Wildman–Crippen LogP) is 1.84. The lowest BCUT2D eigenvalue weighted by Crippen LogP contribution is -2.36. The summed E-state index contributed by atoms with van der Waals surface area (Å²) in [6, 6.07) is 8.30. The molecule has 0 aliphatic heterocycles. The van der Waals surface area contributed by atoms with E-state index < -0.39 is 0 Å². The highest BCUT2D eigenvalue weighted by molar-refractivity contribution is 9.10. The van der Waals surface area contributed by atoms with Crippen molar-refractivity contribution in [3.8, 4) is 0 Å². The highest BCUT2D eigenvalue weighted by Crippen LogP contribution is 2.23. The van der Waals surface area contributed by atoms with E-state index in [-0.39, 0.29) is 0 Å². The molecule has 1 saturated carbocycles. The molecule has 0 atom stereocenters. The van der Waals surface area contributed by atoms with Crippen LogP contribution in [-0.4, -0.2) is 12.0 Å². The van der Waals surface area contributed by atoms with Crippen LogP contribution >= 0.6 is 15.9 Å². The third kappa shape index (κ3) is 3.21. The first-order valence-electron chi connectivity index (χ1n) is 4.85. The average Bonchev–Trinajstić information content (AvgIpc) is 3.04. The molecule has 2 rings (SSSR count). The quantitative estimate of drug-likeness (QED) is 0.332. The van der Waals surface area contributed by atoms with Gasteiger partial charge in [-0.2, -0.15) is 0 Å². The Hall–Kier alpha value is -1.07. The second-order valence-corrected chi connectivity index (χ2v) is 4.40. The van der Waals surface area contributed by atoms with Gasteiger partial charge in [0.2, 0.25) is 5.96 Å². The van der Waals surface area contributed by atoms with Crippen LogP contribution in [0.2, 0.25) is 0 Å². The minimum Gasteiger partial charge on any atom is -0.325 e. The van der Waals surface area contributed by atoms with E-state index in [0.717, 1.165) is 23.0 Å². The Morgan fingerprint density at radius 1 is 1.33 bits per heavy atom. The molecular weight excluding hydrogens is 256 g/mol. The molecule has 0 saturated heterocycles. The molecule has 1 aliphatic rings. The first-order valence-corrected chi connectivity index (χ1v) is 5.64. The van der Waals surface area contributed by atoms with E-state index in [0.29, 0.717) is 12.0 Å². The Labute approximate surface area is 97.1 Å². The zero-order valence-corrected chi connectivity index (χ0v) is 9.79. The monoisotopic (exact) mass is 268 g/mol. The molecule has 0 aromatic heterocycles. The molecule has 1 aromatic carbocycles. The van der Waals surface area contributed by atoms with E-state index in [4.69, 9.17) is 5.84 Å². The standard InChI is InChI=1S/C10H13BrN4/c11-7-1-3-8(4-2-7)13-10(15-12)14-9-5-6-9/h1-4,9H,5-6,12H2,(H2,13,14,15). The first kappa shape index (κ1) is 10.4. The zero-order chi connectivity index (χ0) is 10.7. The number of rotatable bonds is 2. The Bertz CT molecular complexity index is 356. The van der Waals surface area contributed by atoms with E-state index in [1.54, 1.807) is 0 Å². The second-order valence-electron chi connectivity index (χ2n) is 3.49. The highest BCUT2D eigenvalue weighted by atomic mass is 79.9. The smallest absolute Gasteiger partial charge is 0.210 e. The van der Waals surface area contributed by atoms with Crippen LogP contribution in [0, 0.1) is 0 Å². The predicted molar refractivity (Wildman–Crippen MR) is 65.5 cm³/mol. The van der Waals surface area contributed by atoms with E-state index >= 15 is 0 Å². The summed E-state index contributed by atoms with van der Waals surface area (Å²) in [5.74, 6) is 6.00. The molecule has 1 fully saturated rings. The fourth-order valence-electron chi connectivity index (χ4n) is 1.16. The average molecular weight is 269 g/mol. The lowest BCUT2D eigenvalue weighted by Gasteiger charge is -2.08. The minimum absolute atomic E-state index is 0.444. The van der Waals surface area contributed by atoms with Crippen LogP contribution in [0.25, 0.3) is 0 Å². The Balaban J connectivity index is 2.02. The number of nitrogens with two attached hydrogens (primary N) is 1. The van der Waals surface area contributed by atoms with E-state index in [2.05, 4.69) is 31.7 Å². The zero-order valence-electron chi connectivity index (χ0n) is 8.20. The topological polar surface area (TPSA) is 62.4 Å². The van der Waals surface area contributed by atoms with E-state index in [9.17, 15) is 0 Å². The van der Waals surface area contributed by atoms with Crippen molar-refractivity contribution in [3.63, 3.8) is 0 Å². The fourth-order valence-corrected chi connectivity index (χ4v) is 1.43. The van der Waals surface area contributed by atoms with Crippen LogP contribution in [0.15, 0.2) is 33.7 Å². The van der Waals surface area contributed by atoms with Gasteiger partial charge in [0.15, 0.2) is 0 Å². The van der Waals surface area contributed by atoms with Crippen molar-refractivity contribution in [1.29, 1.82) is 0 Å². The van der Waals surface area contributed by atoms with Gasteiger partial charge < -0.3 is 5.32 Å². The van der Waals surface area contributed by atoms with E-state index in [1.807, 2.05) is 24.3 Å². The van der Waals surface area contributed by atoms with Crippen molar-refractivity contribution in [2.24, 2.45) is 10.8 Å². The molecule has 0 bridgehead atoms. The van der Waals surface area contributed by atoms with Gasteiger partial charge in [0, 0.05) is 10.2 Å². The van der Waals surface area contributed by atoms with Gasteiger partial charge in [-0.3, -0.25) is 5.43 Å². The van der Waals surface area contributed by atoms with Gasteiger partial charge in [-0.1, -0.05) is 15.9 Å². The van der Waals surface area contributed by atoms with Gasteiger partial charge in [0.1, 0.15) is 0 Å². The third-order valence-corrected chi connectivity index (χ3v) is 2.63. The van der Waals surface area contributed by atoms with Crippen LogP contribution in [0.1, 0.15) is 12.8 Å². The summed E-state index contributed by atoms with van der Waals surface area (Å²) in [5.41, 5.74) is 3.53. The van der Waals surface area contributed by atoms with Crippen molar-refractivity contribution < 1.29 is 0 Å². The summed E-state index contributed by atoms with van der Waals surface area (Å²) in [6.07, 6.45) is 2.32. The number of hydrogen-bond donors (Lipinski definition) is 3. The number of guanidine groups is 1. The SMILES string of the molecule is NNC(=NC1CC1)Nc1ccc(Br)cc1. The first-order chi connectivity index (χ1) is 7.28.